The van der Waals surface area contributed by atoms with Gasteiger partial charge in [-0.2, -0.15) is 4.31 Å². The quantitative estimate of drug-likeness (QED) is 0.541. The van der Waals surface area contributed by atoms with Crippen LogP contribution in [0.5, 0.6) is 0 Å². The third-order valence-electron chi connectivity index (χ3n) is 4.86. The average molecular weight is 445 g/mol. The molecule has 1 aliphatic heterocycles. The Morgan fingerprint density at radius 1 is 0.967 bits per heavy atom. The lowest BCUT2D eigenvalue weighted by Gasteiger charge is -2.36. The summed E-state index contributed by atoms with van der Waals surface area (Å²) >= 11 is 5.83. The predicted octanol–water partition coefficient (Wildman–Crippen LogP) is 5.43. The van der Waals surface area contributed by atoms with E-state index < -0.39 is 21.9 Å². The molecule has 154 valence electrons. The van der Waals surface area contributed by atoms with E-state index in [1.54, 1.807) is 24.3 Å². The van der Waals surface area contributed by atoms with Gasteiger partial charge >= 0.3 is 6.03 Å². The maximum atomic E-state index is 14.4. The maximum absolute atomic E-state index is 14.4. The molecule has 5 nitrogen and oxygen atoms in total. The SMILES string of the molecule is Cc1cc(C)cc(N2C(=O)N(Cc3ccc(Cl)cc3F)c3ccccc3S2(=O)=O)c1. The number of amides is 2. The van der Waals surface area contributed by atoms with E-state index in [0.29, 0.717) is 0 Å². The highest BCUT2D eigenvalue weighted by Gasteiger charge is 2.42. The lowest BCUT2D eigenvalue weighted by molar-refractivity contribution is 0.253. The van der Waals surface area contributed by atoms with Gasteiger partial charge in [0.25, 0.3) is 10.0 Å². The lowest BCUT2D eigenvalue weighted by Crippen LogP contribution is -2.50. The first-order valence-corrected chi connectivity index (χ1v) is 11.0. The first kappa shape index (κ1) is 20.4. The molecule has 2 amide bonds. The topological polar surface area (TPSA) is 57.7 Å². The van der Waals surface area contributed by atoms with Crippen LogP contribution < -0.4 is 9.21 Å². The van der Waals surface area contributed by atoms with Crippen molar-refractivity contribution in [2.45, 2.75) is 25.3 Å². The number of carbonyl (C=O) groups excluding carboxylic acids is 1. The second-order valence-electron chi connectivity index (χ2n) is 7.19. The average Bonchev–Trinajstić information content (AvgIpc) is 2.66. The number of anilines is 2. The van der Waals surface area contributed by atoms with Crippen LogP contribution in [0.25, 0.3) is 0 Å². The molecule has 0 fully saturated rings. The molecule has 0 saturated heterocycles. The van der Waals surface area contributed by atoms with E-state index in [0.717, 1.165) is 21.5 Å². The second kappa shape index (κ2) is 7.41. The smallest absolute Gasteiger partial charge is 0.287 e. The number of aryl methyl sites for hydroxylation is 2. The Labute approximate surface area is 179 Å². The zero-order valence-electron chi connectivity index (χ0n) is 16.3. The molecule has 8 heteroatoms. The van der Waals surface area contributed by atoms with Crippen LogP contribution in [0.1, 0.15) is 16.7 Å². The first-order valence-electron chi connectivity index (χ1n) is 9.16. The normalized spacial score (nSPS) is 15.3. The molecule has 0 saturated carbocycles. The molecule has 0 aliphatic carbocycles. The van der Waals surface area contributed by atoms with Crippen LogP contribution in [0.4, 0.5) is 20.6 Å². The van der Waals surface area contributed by atoms with Gasteiger partial charge in [0, 0.05) is 10.6 Å². The van der Waals surface area contributed by atoms with E-state index in [1.165, 1.54) is 29.2 Å². The van der Waals surface area contributed by atoms with Gasteiger partial charge in [-0.1, -0.05) is 35.9 Å². The van der Waals surface area contributed by atoms with Crippen LogP contribution in [0, 0.1) is 19.7 Å². The van der Waals surface area contributed by atoms with Gasteiger partial charge in [0.15, 0.2) is 0 Å². The summed E-state index contributed by atoms with van der Waals surface area (Å²) in [5, 5.41) is 0.237. The van der Waals surface area contributed by atoms with Gasteiger partial charge in [-0.05, 0) is 61.4 Å². The predicted molar refractivity (Wildman–Crippen MR) is 115 cm³/mol. The highest BCUT2D eigenvalue weighted by Crippen LogP contribution is 2.38. The Kier molecular flexibility index (Phi) is 5.03. The standard InChI is InChI=1S/C22H18ClFN2O3S/c1-14-9-15(2)11-18(10-14)26-22(27)25(13-16-7-8-17(23)12-19(16)24)20-5-3-4-6-21(20)30(26,28)29/h3-12H,13H2,1-2H3. The fourth-order valence-corrected chi connectivity index (χ4v) is 5.34. The number of halogens is 2. The van der Waals surface area contributed by atoms with Crippen molar-refractivity contribution < 1.29 is 17.6 Å². The fraction of sp³-hybridized carbons (Fsp3) is 0.136. The van der Waals surface area contributed by atoms with Gasteiger partial charge in [0.2, 0.25) is 0 Å². The van der Waals surface area contributed by atoms with E-state index in [2.05, 4.69) is 0 Å². The number of fused-ring (bicyclic) bond motifs is 1. The maximum Gasteiger partial charge on any atom is 0.343 e. The summed E-state index contributed by atoms with van der Waals surface area (Å²) in [6.07, 6.45) is 0. The van der Waals surface area contributed by atoms with Crippen molar-refractivity contribution >= 4 is 39.0 Å². The van der Waals surface area contributed by atoms with E-state index in [-0.39, 0.29) is 33.4 Å². The number of para-hydroxylation sites is 1. The van der Waals surface area contributed by atoms with Crippen molar-refractivity contribution in [2.24, 2.45) is 0 Å². The molecule has 0 unspecified atom stereocenters. The van der Waals surface area contributed by atoms with Gasteiger partial charge in [0.05, 0.1) is 17.9 Å². The number of carbonyl (C=O) groups is 1. The van der Waals surface area contributed by atoms with E-state index in [1.807, 2.05) is 19.9 Å². The van der Waals surface area contributed by atoms with Gasteiger partial charge in [-0.3, -0.25) is 4.90 Å². The number of urea groups is 1. The molecule has 30 heavy (non-hydrogen) atoms. The van der Waals surface area contributed by atoms with Crippen molar-refractivity contribution in [2.75, 3.05) is 9.21 Å². The fourth-order valence-electron chi connectivity index (χ4n) is 3.60. The minimum atomic E-state index is -4.13. The van der Waals surface area contributed by atoms with E-state index in [9.17, 15) is 17.6 Å². The monoisotopic (exact) mass is 444 g/mol. The number of hydrogen-bond acceptors (Lipinski definition) is 3. The van der Waals surface area contributed by atoms with Crippen LogP contribution in [-0.4, -0.2) is 14.4 Å². The van der Waals surface area contributed by atoms with Crippen LogP contribution in [0.3, 0.4) is 0 Å². The molecule has 3 aromatic rings. The van der Waals surface area contributed by atoms with Crippen LogP contribution in [0.2, 0.25) is 5.02 Å². The Bertz CT molecular complexity index is 1260. The summed E-state index contributed by atoms with van der Waals surface area (Å²) in [7, 11) is -4.13. The third-order valence-corrected chi connectivity index (χ3v) is 6.85. The van der Waals surface area contributed by atoms with Gasteiger partial charge < -0.3 is 0 Å². The summed E-state index contributed by atoms with van der Waals surface area (Å²) < 4.78 is 41.9. The Balaban J connectivity index is 1.89. The molecule has 0 spiro atoms. The van der Waals surface area contributed by atoms with Crippen LogP contribution in [0.15, 0.2) is 65.6 Å². The Morgan fingerprint density at radius 3 is 2.30 bits per heavy atom. The third kappa shape index (κ3) is 3.44. The molecule has 0 aromatic heterocycles. The number of rotatable bonds is 3. The van der Waals surface area contributed by atoms with Crippen molar-refractivity contribution in [1.29, 1.82) is 0 Å². The zero-order chi connectivity index (χ0) is 21.6. The van der Waals surface area contributed by atoms with Gasteiger partial charge in [0.1, 0.15) is 10.7 Å². The molecule has 1 aliphatic rings. The van der Waals surface area contributed by atoms with E-state index in [4.69, 9.17) is 11.6 Å². The zero-order valence-corrected chi connectivity index (χ0v) is 17.8. The molecule has 3 aromatic carbocycles. The molecule has 0 bridgehead atoms. The minimum Gasteiger partial charge on any atom is -0.287 e. The lowest BCUT2D eigenvalue weighted by atomic mass is 10.1. The highest BCUT2D eigenvalue weighted by molar-refractivity contribution is 7.94. The van der Waals surface area contributed by atoms with Crippen LogP contribution >= 0.6 is 11.6 Å². The number of hydrogen-bond donors (Lipinski definition) is 0. The Morgan fingerprint density at radius 2 is 1.63 bits per heavy atom. The van der Waals surface area contributed by atoms with Crippen molar-refractivity contribution in [3.05, 3.63) is 88.2 Å². The second-order valence-corrected chi connectivity index (χ2v) is 9.38. The van der Waals surface area contributed by atoms with E-state index >= 15 is 0 Å². The summed E-state index contributed by atoms with van der Waals surface area (Å²) in [5.41, 5.74) is 2.32. The molecule has 4 rings (SSSR count). The number of nitrogens with zero attached hydrogens (tertiary/aromatic N) is 2. The molecule has 0 N–H and O–H groups in total. The minimum absolute atomic E-state index is 0.0156. The molecule has 0 atom stereocenters. The van der Waals surface area contributed by atoms with Crippen molar-refractivity contribution in [3.63, 3.8) is 0 Å². The Hall–Kier alpha value is -2.90. The first-order chi connectivity index (χ1) is 14.2. The van der Waals surface area contributed by atoms with Gasteiger partial charge in [-0.25, -0.2) is 17.6 Å². The summed E-state index contributed by atoms with van der Waals surface area (Å²) in [6.45, 7) is 3.51. The summed E-state index contributed by atoms with van der Waals surface area (Å²) in [5.74, 6) is -0.570. The summed E-state index contributed by atoms with van der Waals surface area (Å²) in [6, 6.07) is 14.8. The largest absolute Gasteiger partial charge is 0.343 e. The van der Waals surface area contributed by atoms with Crippen LogP contribution in [-0.2, 0) is 16.6 Å². The number of sulfonamides is 1. The van der Waals surface area contributed by atoms with Crippen molar-refractivity contribution in [1.82, 2.24) is 0 Å². The molecule has 1 heterocycles. The van der Waals surface area contributed by atoms with Crippen molar-refractivity contribution in [3.8, 4) is 0 Å². The molecule has 0 radical (unpaired) electrons. The van der Waals surface area contributed by atoms with Gasteiger partial charge in [-0.15, -0.1) is 0 Å². The molecular formula is C22H18ClFN2O3S. The molecular weight excluding hydrogens is 427 g/mol. The summed E-state index contributed by atoms with van der Waals surface area (Å²) in [4.78, 5) is 14.7. The number of benzene rings is 3. The highest BCUT2D eigenvalue weighted by atomic mass is 35.5.